The van der Waals surface area contributed by atoms with Gasteiger partial charge in [0.05, 0.1) is 7.82 Å². The number of nitrogens with zero attached hydrogens (tertiary/aromatic N) is 1. The van der Waals surface area contributed by atoms with Gasteiger partial charge < -0.3 is 24.5 Å². The van der Waals surface area contributed by atoms with Crippen LogP contribution in [-0.2, 0) is 4.57 Å². The van der Waals surface area contributed by atoms with Crippen molar-refractivity contribution < 1.29 is 29.5 Å². The predicted octanol–water partition coefficient (Wildman–Crippen LogP) is -2.92. The van der Waals surface area contributed by atoms with E-state index >= 15 is 0 Å². The summed E-state index contributed by atoms with van der Waals surface area (Å²) in [5.74, 6) is 0. The molecule has 0 unspecified atom stereocenters. The summed E-state index contributed by atoms with van der Waals surface area (Å²) in [5, 5.41) is 13.6. The van der Waals surface area contributed by atoms with Crippen LogP contribution < -0.4 is 9.79 Å². The number of hydrogen-bond donors (Lipinski definition) is 2. The first-order chi connectivity index (χ1) is 3.73. The molecule has 0 spiro atoms. The molecule has 0 heterocycles. The van der Waals surface area contributed by atoms with Crippen LogP contribution in [0.3, 0.4) is 0 Å². The molecule has 0 radical (unpaired) electrons. The predicted molar refractivity (Wildman–Crippen MR) is 24.4 cm³/mol. The SMILES string of the molecule is O=P([O-])([O-])O.O=[N+]([O-])O.[Ca+2]. The van der Waals surface area contributed by atoms with Crippen LogP contribution in [-0.4, -0.2) is 52.9 Å². The van der Waals surface area contributed by atoms with Gasteiger partial charge >= 0.3 is 37.7 Å². The van der Waals surface area contributed by atoms with Gasteiger partial charge in [-0.1, -0.05) is 0 Å². The molecule has 0 saturated carbocycles. The van der Waals surface area contributed by atoms with Crippen LogP contribution in [0.4, 0.5) is 0 Å². The van der Waals surface area contributed by atoms with Crippen molar-refractivity contribution in [2.75, 3.05) is 0 Å². The minimum absolute atomic E-state index is 0. The summed E-state index contributed by atoms with van der Waals surface area (Å²) in [6, 6.07) is 0. The smallest absolute Gasteiger partial charge is 0.790 e. The molecule has 0 bridgehead atoms. The molecule has 0 aliphatic rings. The van der Waals surface area contributed by atoms with E-state index in [1.54, 1.807) is 0 Å². The first-order valence-electron chi connectivity index (χ1n) is 1.31. The van der Waals surface area contributed by atoms with E-state index in [1.807, 2.05) is 0 Å². The fourth-order valence-corrected chi connectivity index (χ4v) is 0. The van der Waals surface area contributed by atoms with Gasteiger partial charge in [0.25, 0.3) is 5.09 Å². The zero-order valence-electron chi connectivity index (χ0n) is 4.54. The van der Waals surface area contributed by atoms with Crippen LogP contribution in [0.5, 0.6) is 0 Å². The summed E-state index contributed by atoms with van der Waals surface area (Å²) in [6.45, 7) is 0. The van der Waals surface area contributed by atoms with Crippen molar-refractivity contribution in [3.63, 3.8) is 0 Å². The Morgan fingerprint density at radius 1 is 1.40 bits per heavy atom. The minimum Gasteiger partial charge on any atom is -0.790 e. The number of phosphoric acid groups is 1. The molecular formula is H2CaNO7P. The van der Waals surface area contributed by atoms with Crippen molar-refractivity contribution in [3.8, 4) is 0 Å². The van der Waals surface area contributed by atoms with Crippen molar-refractivity contribution in [1.82, 2.24) is 0 Å². The first-order valence-corrected chi connectivity index (χ1v) is 2.81. The van der Waals surface area contributed by atoms with Gasteiger partial charge in [0.2, 0.25) is 0 Å². The summed E-state index contributed by atoms with van der Waals surface area (Å²) in [7, 11) is -5.14. The fraction of sp³-hybridized carbons (Fsp3) is 0. The van der Waals surface area contributed by atoms with Gasteiger partial charge in [-0.25, -0.2) is 0 Å². The molecular weight excluding hydrogens is 197 g/mol. The maximum atomic E-state index is 8.66. The number of hydrogen-bond acceptors (Lipinski definition) is 5. The second kappa shape index (κ2) is 7.67. The second-order valence-corrected chi connectivity index (χ2v) is 1.64. The number of rotatable bonds is 0. The fourth-order valence-electron chi connectivity index (χ4n) is 0. The van der Waals surface area contributed by atoms with Crippen LogP contribution in [0.15, 0.2) is 0 Å². The Balaban J connectivity index is -0.0000000910. The molecule has 10 heteroatoms. The van der Waals surface area contributed by atoms with Crippen molar-refractivity contribution in [2.24, 2.45) is 0 Å². The first kappa shape index (κ1) is 16.9. The molecule has 0 rings (SSSR count). The van der Waals surface area contributed by atoms with Crippen LogP contribution in [0.25, 0.3) is 0 Å². The molecule has 0 aliphatic carbocycles. The summed E-state index contributed by atoms with van der Waals surface area (Å²) >= 11 is 0. The zero-order valence-corrected chi connectivity index (χ0v) is 7.64. The average molecular weight is 199 g/mol. The van der Waals surface area contributed by atoms with Gasteiger partial charge in [-0.3, -0.25) is 0 Å². The molecule has 56 valence electrons. The van der Waals surface area contributed by atoms with Gasteiger partial charge in [0, 0.05) is 0 Å². The summed E-state index contributed by atoms with van der Waals surface area (Å²) in [5.41, 5.74) is 0. The quantitative estimate of drug-likeness (QED) is 0.184. The Labute approximate surface area is 84.8 Å². The normalized spacial score (nSPS) is 8.30. The molecule has 10 heavy (non-hydrogen) atoms. The molecule has 0 aromatic carbocycles. The van der Waals surface area contributed by atoms with Crippen LogP contribution >= 0.6 is 7.82 Å². The Bertz CT molecular complexity index is 113. The van der Waals surface area contributed by atoms with E-state index in [9.17, 15) is 0 Å². The molecule has 0 aromatic heterocycles. The van der Waals surface area contributed by atoms with Gasteiger partial charge in [-0.15, -0.1) is 10.1 Å². The molecule has 0 amide bonds. The molecule has 0 aliphatic heterocycles. The Hall–Kier alpha value is 0.570. The Morgan fingerprint density at radius 3 is 1.40 bits per heavy atom. The van der Waals surface area contributed by atoms with Crippen LogP contribution in [0.1, 0.15) is 0 Å². The molecule has 0 fully saturated rings. The van der Waals surface area contributed by atoms with Gasteiger partial charge in [0.1, 0.15) is 0 Å². The largest absolute Gasteiger partial charge is 2.00 e. The average Bonchev–Trinajstić information content (AvgIpc) is 1.19. The van der Waals surface area contributed by atoms with E-state index in [0.717, 1.165) is 0 Å². The van der Waals surface area contributed by atoms with E-state index in [4.69, 9.17) is 34.6 Å². The maximum absolute atomic E-state index is 8.66. The Kier molecular flexibility index (Phi) is 13.0. The zero-order chi connectivity index (χ0) is 8.08. The summed E-state index contributed by atoms with van der Waals surface area (Å²) in [6.07, 6.45) is 0. The topological polar surface area (TPSA) is 147 Å². The van der Waals surface area contributed by atoms with Gasteiger partial charge in [-0.2, -0.15) is 0 Å². The summed E-state index contributed by atoms with van der Waals surface area (Å²) in [4.78, 5) is 32.6. The van der Waals surface area contributed by atoms with E-state index in [0.29, 0.717) is 0 Å². The van der Waals surface area contributed by atoms with Gasteiger partial charge in [0.15, 0.2) is 0 Å². The molecule has 2 N–H and O–H groups in total. The third-order valence-electron chi connectivity index (χ3n) is 0. The second-order valence-electron chi connectivity index (χ2n) is 0.706. The van der Waals surface area contributed by atoms with Crippen LogP contribution in [0, 0.1) is 10.1 Å². The van der Waals surface area contributed by atoms with E-state index in [-0.39, 0.29) is 37.7 Å². The molecule has 0 atom stereocenters. The molecule has 8 nitrogen and oxygen atoms in total. The van der Waals surface area contributed by atoms with Crippen molar-refractivity contribution in [3.05, 3.63) is 10.1 Å². The molecule has 0 saturated heterocycles. The Morgan fingerprint density at radius 2 is 1.40 bits per heavy atom. The van der Waals surface area contributed by atoms with Gasteiger partial charge in [-0.05, 0) is 0 Å². The van der Waals surface area contributed by atoms with Crippen LogP contribution in [0.2, 0.25) is 0 Å². The third kappa shape index (κ3) is 1510. The minimum atomic E-state index is -5.14. The van der Waals surface area contributed by atoms with Crippen molar-refractivity contribution in [1.29, 1.82) is 0 Å². The molecule has 0 aromatic rings. The third-order valence-corrected chi connectivity index (χ3v) is 0. The van der Waals surface area contributed by atoms with E-state index < -0.39 is 12.9 Å². The maximum Gasteiger partial charge on any atom is 2.00 e. The van der Waals surface area contributed by atoms with E-state index in [2.05, 4.69) is 0 Å². The van der Waals surface area contributed by atoms with Crippen molar-refractivity contribution >= 4 is 45.6 Å². The monoisotopic (exact) mass is 199 g/mol. The summed E-state index contributed by atoms with van der Waals surface area (Å²) < 4.78 is 8.66. The standard InChI is InChI=1S/Ca.HNO3.H3O4P/c;2-1(3)4;1-5(2,3)4/h;(H,2,3,4);(H3,1,2,3,4)/q+2;;/p-2. The van der Waals surface area contributed by atoms with E-state index in [1.165, 1.54) is 0 Å². The van der Waals surface area contributed by atoms with Crippen molar-refractivity contribution in [2.45, 2.75) is 0 Å².